The van der Waals surface area contributed by atoms with E-state index >= 15 is 0 Å². The summed E-state index contributed by atoms with van der Waals surface area (Å²) in [5, 5.41) is 1.48. The van der Waals surface area contributed by atoms with Gasteiger partial charge in [-0.25, -0.2) is 0 Å². The van der Waals surface area contributed by atoms with Gasteiger partial charge in [-0.3, -0.25) is 9.59 Å². The van der Waals surface area contributed by atoms with Crippen LogP contribution >= 0.6 is 11.6 Å². The molecule has 3 aromatic rings. The van der Waals surface area contributed by atoms with Gasteiger partial charge in [0.2, 0.25) is 0 Å². The van der Waals surface area contributed by atoms with E-state index in [1.807, 2.05) is 45.0 Å². The second kappa shape index (κ2) is 7.97. The summed E-state index contributed by atoms with van der Waals surface area (Å²) in [5.74, 6) is 0.143. The number of aromatic nitrogens is 1. The fraction of sp³-hybridized carbons (Fsp3) is 0.273. The molecule has 5 heteroatoms. The van der Waals surface area contributed by atoms with Crippen molar-refractivity contribution < 1.29 is 4.79 Å². The highest BCUT2D eigenvalue weighted by Gasteiger charge is 2.19. The zero-order valence-electron chi connectivity index (χ0n) is 15.8. The van der Waals surface area contributed by atoms with Crippen molar-refractivity contribution in [2.45, 2.75) is 27.3 Å². The van der Waals surface area contributed by atoms with Crippen LogP contribution in [-0.2, 0) is 6.54 Å². The summed E-state index contributed by atoms with van der Waals surface area (Å²) in [7, 11) is 0. The van der Waals surface area contributed by atoms with Crippen LogP contribution in [0.15, 0.2) is 53.3 Å². The second-order valence-electron chi connectivity index (χ2n) is 7.25. The molecule has 0 saturated carbocycles. The normalized spacial score (nSPS) is 11.1. The van der Waals surface area contributed by atoms with Gasteiger partial charge in [0.25, 0.3) is 11.5 Å². The first kappa shape index (κ1) is 19.2. The summed E-state index contributed by atoms with van der Waals surface area (Å²) in [6, 6.07) is 14.7. The van der Waals surface area contributed by atoms with Gasteiger partial charge in [0, 0.05) is 22.7 Å². The van der Waals surface area contributed by atoms with Crippen LogP contribution in [0.1, 0.15) is 35.3 Å². The SMILES string of the molecule is Cc1cccc2cc(CN(CC(C)C)C(=O)c3cccc(Cl)c3)c(=O)[nH]c12. The van der Waals surface area contributed by atoms with E-state index in [9.17, 15) is 9.59 Å². The van der Waals surface area contributed by atoms with E-state index in [4.69, 9.17) is 11.6 Å². The highest BCUT2D eigenvalue weighted by Crippen LogP contribution is 2.18. The van der Waals surface area contributed by atoms with Crippen molar-refractivity contribution in [3.05, 3.63) is 80.6 Å². The Morgan fingerprint density at radius 2 is 1.89 bits per heavy atom. The minimum absolute atomic E-state index is 0.130. The third-order valence-electron chi connectivity index (χ3n) is 4.47. The van der Waals surface area contributed by atoms with Gasteiger partial charge in [-0.05, 0) is 48.1 Å². The summed E-state index contributed by atoms with van der Waals surface area (Å²) in [6.07, 6.45) is 0. The number of carbonyl (C=O) groups is 1. The third-order valence-corrected chi connectivity index (χ3v) is 4.71. The van der Waals surface area contributed by atoms with Crippen molar-refractivity contribution in [1.82, 2.24) is 9.88 Å². The lowest BCUT2D eigenvalue weighted by atomic mass is 10.1. The molecule has 1 heterocycles. The van der Waals surface area contributed by atoms with Crippen molar-refractivity contribution in [3.63, 3.8) is 0 Å². The summed E-state index contributed by atoms with van der Waals surface area (Å²) < 4.78 is 0. The first-order chi connectivity index (χ1) is 12.8. The van der Waals surface area contributed by atoms with Crippen LogP contribution in [-0.4, -0.2) is 22.3 Å². The Bertz CT molecular complexity index is 1040. The molecule has 3 rings (SSSR count). The van der Waals surface area contributed by atoms with Gasteiger partial charge in [0.1, 0.15) is 0 Å². The van der Waals surface area contributed by atoms with Crippen LogP contribution in [0.5, 0.6) is 0 Å². The molecule has 0 atom stereocenters. The van der Waals surface area contributed by atoms with Gasteiger partial charge in [-0.2, -0.15) is 0 Å². The maximum atomic E-state index is 13.0. The number of benzene rings is 2. The van der Waals surface area contributed by atoms with Crippen LogP contribution < -0.4 is 5.56 Å². The Kier molecular flexibility index (Phi) is 5.66. The number of H-pyrrole nitrogens is 1. The lowest BCUT2D eigenvalue weighted by Gasteiger charge is -2.25. The predicted octanol–water partition coefficient (Wildman–Crippen LogP) is 4.79. The zero-order valence-corrected chi connectivity index (χ0v) is 16.5. The van der Waals surface area contributed by atoms with E-state index < -0.39 is 0 Å². The largest absolute Gasteiger partial charge is 0.334 e. The molecular formula is C22H23ClN2O2. The molecule has 4 nitrogen and oxygen atoms in total. The maximum Gasteiger partial charge on any atom is 0.254 e. The van der Waals surface area contributed by atoms with E-state index in [0.29, 0.717) is 22.7 Å². The molecular weight excluding hydrogens is 360 g/mol. The van der Waals surface area contributed by atoms with Gasteiger partial charge in [0.05, 0.1) is 12.1 Å². The lowest BCUT2D eigenvalue weighted by molar-refractivity contribution is 0.0722. The molecule has 2 aromatic carbocycles. The molecule has 0 radical (unpaired) electrons. The number of aromatic amines is 1. The standard InChI is InChI=1S/C22H23ClN2O2/c1-14(2)12-25(22(27)17-8-5-9-19(23)11-17)13-18-10-16-7-4-6-15(3)20(16)24-21(18)26/h4-11,14H,12-13H2,1-3H3,(H,24,26). The molecule has 1 aromatic heterocycles. The Hall–Kier alpha value is -2.59. The molecule has 0 unspecified atom stereocenters. The molecule has 0 saturated heterocycles. The van der Waals surface area contributed by atoms with Gasteiger partial charge in [-0.1, -0.05) is 49.7 Å². The monoisotopic (exact) mass is 382 g/mol. The summed E-state index contributed by atoms with van der Waals surface area (Å²) in [4.78, 5) is 30.3. The Balaban J connectivity index is 1.97. The fourth-order valence-corrected chi connectivity index (χ4v) is 3.41. The van der Waals surface area contributed by atoms with Gasteiger partial charge in [0.15, 0.2) is 0 Å². The van der Waals surface area contributed by atoms with Crippen LogP contribution in [0.4, 0.5) is 0 Å². The smallest absolute Gasteiger partial charge is 0.254 e. The number of hydrogen-bond acceptors (Lipinski definition) is 2. The number of aryl methyl sites for hydroxylation is 1. The van der Waals surface area contributed by atoms with E-state index in [1.165, 1.54) is 0 Å². The minimum atomic E-state index is -0.163. The van der Waals surface area contributed by atoms with Crippen LogP contribution in [0.3, 0.4) is 0 Å². The first-order valence-corrected chi connectivity index (χ1v) is 9.39. The third kappa shape index (κ3) is 4.40. The van der Waals surface area contributed by atoms with E-state index in [1.54, 1.807) is 29.2 Å². The molecule has 140 valence electrons. The summed E-state index contributed by atoms with van der Waals surface area (Å²) in [5.41, 5.74) is 2.79. The van der Waals surface area contributed by atoms with Gasteiger partial charge in [-0.15, -0.1) is 0 Å². The van der Waals surface area contributed by atoms with Crippen LogP contribution in [0.2, 0.25) is 5.02 Å². The number of rotatable bonds is 5. The Morgan fingerprint density at radius 1 is 1.15 bits per heavy atom. The number of nitrogens with one attached hydrogen (secondary N) is 1. The van der Waals surface area contributed by atoms with Crippen molar-refractivity contribution >= 4 is 28.4 Å². The zero-order chi connectivity index (χ0) is 19.6. The van der Waals surface area contributed by atoms with E-state index in [-0.39, 0.29) is 23.9 Å². The molecule has 1 N–H and O–H groups in total. The molecule has 0 bridgehead atoms. The van der Waals surface area contributed by atoms with Crippen molar-refractivity contribution in [2.75, 3.05) is 6.54 Å². The van der Waals surface area contributed by atoms with E-state index in [0.717, 1.165) is 16.5 Å². The van der Waals surface area contributed by atoms with Gasteiger partial charge >= 0.3 is 0 Å². The first-order valence-electron chi connectivity index (χ1n) is 9.01. The topological polar surface area (TPSA) is 53.2 Å². The molecule has 0 fully saturated rings. The second-order valence-corrected chi connectivity index (χ2v) is 7.69. The molecule has 0 aliphatic rings. The van der Waals surface area contributed by atoms with E-state index in [2.05, 4.69) is 4.98 Å². The number of amides is 1. The van der Waals surface area contributed by atoms with Gasteiger partial charge < -0.3 is 9.88 Å². The number of fused-ring (bicyclic) bond motifs is 1. The van der Waals surface area contributed by atoms with Crippen molar-refractivity contribution in [2.24, 2.45) is 5.92 Å². The number of pyridine rings is 1. The average molecular weight is 383 g/mol. The number of hydrogen-bond donors (Lipinski definition) is 1. The Morgan fingerprint density at radius 3 is 2.59 bits per heavy atom. The average Bonchev–Trinajstić information content (AvgIpc) is 2.61. The number of carbonyl (C=O) groups excluding carboxylic acids is 1. The maximum absolute atomic E-state index is 13.0. The van der Waals surface area contributed by atoms with Crippen LogP contribution in [0, 0.1) is 12.8 Å². The summed E-state index contributed by atoms with van der Waals surface area (Å²) in [6.45, 7) is 6.86. The molecule has 27 heavy (non-hydrogen) atoms. The quantitative estimate of drug-likeness (QED) is 0.689. The number of nitrogens with zero attached hydrogens (tertiary/aromatic N) is 1. The number of halogens is 1. The van der Waals surface area contributed by atoms with Crippen molar-refractivity contribution in [3.8, 4) is 0 Å². The molecule has 1 amide bonds. The molecule has 0 spiro atoms. The van der Waals surface area contributed by atoms with Crippen LogP contribution in [0.25, 0.3) is 10.9 Å². The molecule has 0 aliphatic heterocycles. The highest BCUT2D eigenvalue weighted by molar-refractivity contribution is 6.30. The van der Waals surface area contributed by atoms with Crippen molar-refractivity contribution in [1.29, 1.82) is 0 Å². The minimum Gasteiger partial charge on any atom is -0.334 e. The fourth-order valence-electron chi connectivity index (χ4n) is 3.22. The predicted molar refractivity (Wildman–Crippen MR) is 110 cm³/mol. The number of para-hydroxylation sites is 1. The highest BCUT2D eigenvalue weighted by atomic mass is 35.5. The Labute approximate surface area is 163 Å². The molecule has 0 aliphatic carbocycles. The lowest BCUT2D eigenvalue weighted by Crippen LogP contribution is -2.35. The summed E-state index contributed by atoms with van der Waals surface area (Å²) >= 11 is 6.04.